The van der Waals surface area contributed by atoms with E-state index in [4.69, 9.17) is 9.84 Å². The Balaban J connectivity index is 1.02. The number of rotatable bonds is 7. The minimum absolute atomic E-state index is 0.000429. The number of nitrogens with one attached hydrogen (secondary N) is 1. The first-order chi connectivity index (χ1) is 22.8. The Morgan fingerprint density at radius 2 is 1.79 bits per heavy atom. The van der Waals surface area contributed by atoms with Gasteiger partial charge in [0.2, 0.25) is 0 Å². The number of anilines is 4. The molecule has 3 aromatic heterocycles. The van der Waals surface area contributed by atoms with E-state index in [2.05, 4.69) is 25.2 Å². The van der Waals surface area contributed by atoms with Crippen molar-refractivity contribution >= 4 is 55.9 Å². The van der Waals surface area contributed by atoms with Gasteiger partial charge in [-0.05, 0) is 98.9 Å². The molecule has 238 valence electrons. The fourth-order valence-corrected chi connectivity index (χ4v) is 10.0. The van der Waals surface area contributed by atoms with Gasteiger partial charge in [0.15, 0.2) is 29.1 Å². The summed E-state index contributed by atoms with van der Waals surface area (Å²) >= 11 is 1.50. The summed E-state index contributed by atoms with van der Waals surface area (Å²) in [6, 6.07) is 14.7. The average molecular weight is 648 g/mol. The molecule has 4 bridgehead atoms. The zero-order valence-corrected chi connectivity index (χ0v) is 26.7. The van der Waals surface area contributed by atoms with Gasteiger partial charge in [0, 0.05) is 23.4 Å². The Hall–Kier alpha value is -4.84. The Labute approximate surface area is 274 Å². The van der Waals surface area contributed by atoms with Gasteiger partial charge < -0.3 is 15.2 Å². The van der Waals surface area contributed by atoms with Gasteiger partial charge in [0.05, 0.1) is 22.1 Å². The summed E-state index contributed by atoms with van der Waals surface area (Å²) < 4.78 is 8.98. The molecule has 11 nitrogen and oxygen atoms in total. The maximum absolute atomic E-state index is 13.2. The zero-order valence-electron chi connectivity index (χ0n) is 25.8. The third-order valence-electron chi connectivity index (χ3n) is 10.6. The van der Waals surface area contributed by atoms with Crippen LogP contribution in [0.15, 0.2) is 54.7 Å². The number of aromatic nitrogens is 5. The highest BCUT2D eigenvalue weighted by Crippen LogP contribution is 2.60. The van der Waals surface area contributed by atoms with Gasteiger partial charge in [-0.2, -0.15) is 5.10 Å². The zero-order chi connectivity index (χ0) is 31.9. The Bertz CT molecular complexity index is 2000. The number of benzene rings is 2. The van der Waals surface area contributed by atoms with Crippen LogP contribution in [0.5, 0.6) is 5.75 Å². The number of carboxylic acids is 1. The molecular weight excluding hydrogens is 614 g/mol. The molecule has 4 fully saturated rings. The molecule has 4 aliphatic carbocycles. The number of thiazole rings is 1. The fraction of sp³-hybridized carbons (Fsp3) is 0.371. The molecule has 10 rings (SSSR count). The largest absolute Gasteiger partial charge is 0.481 e. The van der Waals surface area contributed by atoms with Crippen LogP contribution < -0.4 is 15.0 Å². The summed E-state index contributed by atoms with van der Waals surface area (Å²) in [4.78, 5) is 32.0. The van der Waals surface area contributed by atoms with Crippen molar-refractivity contribution in [3.8, 4) is 16.9 Å². The molecule has 0 atom stereocenters. The van der Waals surface area contributed by atoms with Crippen molar-refractivity contribution in [1.29, 1.82) is 0 Å². The lowest BCUT2D eigenvalue weighted by Gasteiger charge is -2.56. The Morgan fingerprint density at radius 3 is 2.49 bits per heavy atom. The lowest BCUT2D eigenvalue weighted by Crippen LogP contribution is -2.48. The van der Waals surface area contributed by atoms with E-state index in [1.165, 1.54) is 54.8 Å². The Kier molecular flexibility index (Phi) is 6.40. The summed E-state index contributed by atoms with van der Waals surface area (Å²) in [6.45, 7) is 2.56. The second-order valence-electron chi connectivity index (χ2n) is 13.8. The molecular formula is C35H33N7O4S. The molecule has 5 aliphatic rings. The molecule has 0 unspecified atom stereocenters. The van der Waals surface area contributed by atoms with Gasteiger partial charge in [0.1, 0.15) is 5.56 Å². The van der Waals surface area contributed by atoms with Crippen LogP contribution in [0.1, 0.15) is 54.6 Å². The molecule has 1 amide bonds. The van der Waals surface area contributed by atoms with E-state index in [-0.39, 0.29) is 29.6 Å². The summed E-state index contributed by atoms with van der Waals surface area (Å²) in [7, 11) is 0. The molecule has 5 aromatic rings. The SMILES string of the molecule is Cc1c(-c2ccc3c(c2C(=O)O)OCC(=O)N3c2ccc(Nc3nc4ccccc4s3)nn2)cnn1CC12CC3CC(CC(C3)C1)C2. The molecule has 47 heavy (non-hydrogen) atoms. The number of ether oxygens (including phenoxy) is 1. The van der Waals surface area contributed by atoms with E-state index in [1.807, 2.05) is 31.2 Å². The second-order valence-corrected chi connectivity index (χ2v) is 14.8. The predicted molar refractivity (Wildman–Crippen MR) is 178 cm³/mol. The number of para-hydroxylation sites is 1. The van der Waals surface area contributed by atoms with Crippen LogP contribution in [0.3, 0.4) is 0 Å². The van der Waals surface area contributed by atoms with Gasteiger partial charge in [0.25, 0.3) is 5.91 Å². The van der Waals surface area contributed by atoms with Crippen molar-refractivity contribution in [2.75, 3.05) is 16.8 Å². The van der Waals surface area contributed by atoms with Crippen LogP contribution >= 0.6 is 11.3 Å². The number of carbonyl (C=O) groups excluding carboxylic acids is 1. The molecule has 4 heterocycles. The number of carboxylic acid groups (broad SMARTS) is 1. The third kappa shape index (κ3) is 4.76. The summed E-state index contributed by atoms with van der Waals surface area (Å²) in [6.07, 6.45) is 9.74. The highest BCUT2D eigenvalue weighted by molar-refractivity contribution is 7.22. The lowest BCUT2D eigenvalue weighted by atomic mass is 9.49. The summed E-state index contributed by atoms with van der Waals surface area (Å²) in [5.74, 6) is 1.87. The number of amides is 1. The van der Waals surface area contributed by atoms with Gasteiger partial charge >= 0.3 is 5.97 Å². The maximum Gasteiger partial charge on any atom is 0.340 e. The van der Waals surface area contributed by atoms with E-state index in [9.17, 15) is 14.7 Å². The quantitative estimate of drug-likeness (QED) is 0.192. The van der Waals surface area contributed by atoms with Gasteiger partial charge in [-0.3, -0.25) is 14.4 Å². The highest BCUT2D eigenvalue weighted by Gasteiger charge is 2.51. The van der Waals surface area contributed by atoms with Gasteiger partial charge in [-0.25, -0.2) is 9.78 Å². The molecule has 2 aromatic carbocycles. The molecule has 12 heteroatoms. The van der Waals surface area contributed by atoms with Gasteiger partial charge in [-0.1, -0.05) is 29.5 Å². The highest BCUT2D eigenvalue weighted by atomic mass is 32.1. The van der Waals surface area contributed by atoms with E-state index < -0.39 is 5.97 Å². The number of fused-ring (bicyclic) bond motifs is 2. The van der Waals surface area contributed by atoms with Crippen molar-refractivity contribution in [2.45, 2.75) is 52.0 Å². The van der Waals surface area contributed by atoms with Crippen molar-refractivity contribution in [2.24, 2.45) is 23.2 Å². The average Bonchev–Trinajstić information content (AvgIpc) is 3.62. The molecule has 1 aliphatic heterocycles. The van der Waals surface area contributed by atoms with Crippen molar-refractivity contribution in [1.82, 2.24) is 25.0 Å². The van der Waals surface area contributed by atoms with E-state index in [1.54, 1.807) is 30.5 Å². The first-order valence-electron chi connectivity index (χ1n) is 16.2. The standard InChI is InChI=1S/C35H33N7O4S/c1-19-24(16-36-41(19)18-35-13-20-10-21(14-35)12-22(11-20)15-35)23-6-7-26-32(31(23)33(44)45)46-17-30(43)42(26)29-9-8-28(39-40-29)38-34-37-25-4-2-3-5-27(25)47-34/h2-9,16,20-22H,10-15,17-18H2,1H3,(H,44,45)(H,37,38,39). The molecule has 0 saturated heterocycles. The normalized spacial score (nSPS) is 24.4. The summed E-state index contributed by atoms with van der Waals surface area (Å²) in [5, 5.41) is 27.7. The lowest BCUT2D eigenvalue weighted by molar-refractivity contribution is -0.120. The molecule has 0 radical (unpaired) electrons. The number of hydrogen-bond acceptors (Lipinski definition) is 9. The Morgan fingerprint density at radius 1 is 1.02 bits per heavy atom. The molecule has 2 N–H and O–H groups in total. The van der Waals surface area contributed by atoms with Gasteiger partial charge in [-0.15, -0.1) is 10.2 Å². The first-order valence-corrected chi connectivity index (χ1v) is 17.0. The number of nitrogens with zero attached hydrogens (tertiary/aromatic N) is 6. The second kappa shape index (κ2) is 10.6. The van der Waals surface area contributed by atoms with Crippen LogP contribution in [0, 0.1) is 30.1 Å². The first kappa shape index (κ1) is 28.4. The fourth-order valence-electron chi connectivity index (χ4n) is 9.13. The monoisotopic (exact) mass is 647 g/mol. The van der Waals surface area contributed by atoms with Crippen LogP contribution in [0.4, 0.5) is 22.5 Å². The summed E-state index contributed by atoms with van der Waals surface area (Å²) in [5.41, 5.74) is 3.70. The van der Waals surface area contributed by atoms with E-state index >= 15 is 0 Å². The van der Waals surface area contributed by atoms with Crippen LogP contribution in [0.25, 0.3) is 21.3 Å². The van der Waals surface area contributed by atoms with E-state index in [0.717, 1.165) is 45.8 Å². The van der Waals surface area contributed by atoms with Crippen molar-refractivity contribution in [3.63, 3.8) is 0 Å². The third-order valence-corrected chi connectivity index (χ3v) is 11.6. The van der Waals surface area contributed by atoms with Crippen LogP contribution in [0.2, 0.25) is 0 Å². The van der Waals surface area contributed by atoms with Crippen molar-refractivity contribution < 1.29 is 19.4 Å². The maximum atomic E-state index is 13.2. The minimum Gasteiger partial charge on any atom is -0.481 e. The van der Waals surface area contributed by atoms with Crippen LogP contribution in [-0.2, 0) is 11.3 Å². The number of carbonyl (C=O) groups is 2. The van der Waals surface area contributed by atoms with E-state index in [0.29, 0.717) is 27.6 Å². The number of hydrogen-bond donors (Lipinski definition) is 2. The predicted octanol–water partition coefficient (Wildman–Crippen LogP) is 6.97. The van der Waals surface area contributed by atoms with Crippen molar-refractivity contribution in [3.05, 3.63) is 66.0 Å². The molecule has 4 saturated carbocycles. The topological polar surface area (TPSA) is 135 Å². The minimum atomic E-state index is -1.14. The molecule has 0 spiro atoms. The number of aromatic carboxylic acids is 1. The van der Waals surface area contributed by atoms with Crippen LogP contribution in [-0.4, -0.2) is 48.6 Å². The smallest absolute Gasteiger partial charge is 0.340 e.